The van der Waals surface area contributed by atoms with Gasteiger partial charge in [0.2, 0.25) is 5.79 Å². The summed E-state index contributed by atoms with van der Waals surface area (Å²) in [6.45, 7) is 4.76. The summed E-state index contributed by atoms with van der Waals surface area (Å²) < 4.78 is 12.4. The third-order valence-corrected chi connectivity index (χ3v) is 4.56. The van der Waals surface area contributed by atoms with Gasteiger partial charge in [0.05, 0.1) is 12.7 Å². The van der Waals surface area contributed by atoms with Gasteiger partial charge in [-0.3, -0.25) is 0 Å². The molecule has 0 aromatic heterocycles. The maximum absolute atomic E-state index is 6.28. The molecule has 0 aliphatic carbocycles. The quantitative estimate of drug-likeness (QED) is 0.770. The number of hydrogen-bond donors (Lipinski definition) is 0. The summed E-state index contributed by atoms with van der Waals surface area (Å²) in [5, 5.41) is 0.770. The molecule has 1 heterocycles. The van der Waals surface area contributed by atoms with Crippen LogP contribution in [0.1, 0.15) is 22.3 Å². The van der Waals surface area contributed by atoms with Gasteiger partial charge >= 0.3 is 0 Å². The highest BCUT2D eigenvalue weighted by Crippen LogP contribution is 2.41. The zero-order chi connectivity index (χ0) is 14.9. The van der Waals surface area contributed by atoms with E-state index in [1.165, 1.54) is 11.1 Å². The first kappa shape index (κ1) is 14.8. The number of rotatable bonds is 3. The number of benzene rings is 2. The molecule has 2 nitrogen and oxygen atoms in total. The van der Waals surface area contributed by atoms with Crippen molar-refractivity contribution in [3.05, 3.63) is 70.8 Å². The second-order valence-corrected chi connectivity index (χ2v) is 6.20. The van der Waals surface area contributed by atoms with Crippen LogP contribution in [0.25, 0.3) is 0 Å². The fourth-order valence-corrected chi connectivity index (χ4v) is 2.92. The predicted octanol–water partition coefficient (Wildman–Crippen LogP) is 4.31. The molecule has 1 aliphatic rings. The van der Waals surface area contributed by atoms with Crippen LogP contribution in [0.4, 0.5) is 0 Å². The summed E-state index contributed by atoms with van der Waals surface area (Å²) in [5.74, 6) is -0.792. The lowest BCUT2D eigenvalue weighted by molar-refractivity contribution is -0.139. The summed E-state index contributed by atoms with van der Waals surface area (Å²) >= 11 is 3.49. The Morgan fingerprint density at radius 2 is 1.43 bits per heavy atom. The molecule has 1 aliphatic heterocycles. The molecule has 2 aromatic carbocycles. The van der Waals surface area contributed by atoms with Crippen LogP contribution >= 0.6 is 15.9 Å². The number of aryl methyl sites for hydroxylation is 2. The van der Waals surface area contributed by atoms with Crippen LogP contribution in [0.2, 0.25) is 0 Å². The Hall–Kier alpha value is -1.16. The van der Waals surface area contributed by atoms with Gasteiger partial charge in [-0.15, -0.1) is 0 Å². The standard InChI is InChI=1S/C18H19BrO2/c1-13-3-7-15(8-4-13)18(20-12-17(11-19)21-18)16-9-5-14(2)6-10-16/h3-10,17H,11-12H2,1-2H3. The Bertz CT molecular complexity index is 559. The number of ether oxygens (including phenoxy) is 2. The second-order valence-electron chi connectivity index (χ2n) is 5.55. The first-order valence-corrected chi connectivity index (χ1v) is 8.28. The van der Waals surface area contributed by atoms with Crippen molar-refractivity contribution in [2.45, 2.75) is 25.7 Å². The molecular weight excluding hydrogens is 328 g/mol. The van der Waals surface area contributed by atoms with Gasteiger partial charge in [-0.25, -0.2) is 0 Å². The van der Waals surface area contributed by atoms with Crippen molar-refractivity contribution in [2.24, 2.45) is 0 Å². The fourth-order valence-electron chi connectivity index (χ4n) is 2.60. The first-order chi connectivity index (χ1) is 10.1. The van der Waals surface area contributed by atoms with Crippen molar-refractivity contribution in [2.75, 3.05) is 11.9 Å². The van der Waals surface area contributed by atoms with Crippen LogP contribution < -0.4 is 0 Å². The van der Waals surface area contributed by atoms with E-state index in [9.17, 15) is 0 Å². The van der Waals surface area contributed by atoms with Crippen molar-refractivity contribution in [1.29, 1.82) is 0 Å². The fraction of sp³-hybridized carbons (Fsp3) is 0.333. The van der Waals surface area contributed by atoms with Crippen LogP contribution in [0.5, 0.6) is 0 Å². The third kappa shape index (κ3) is 2.78. The van der Waals surface area contributed by atoms with E-state index in [0.717, 1.165) is 16.5 Å². The number of halogens is 1. The monoisotopic (exact) mass is 346 g/mol. The molecule has 0 saturated carbocycles. The lowest BCUT2D eigenvalue weighted by Gasteiger charge is -2.29. The van der Waals surface area contributed by atoms with Gasteiger partial charge in [0.15, 0.2) is 0 Å². The van der Waals surface area contributed by atoms with Gasteiger partial charge in [0.25, 0.3) is 0 Å². The van der Waals surface area contributed by atoms with Crippen molar-refractivity contribution in [1.82, 2.24) is 0 Å². The van der Waals surface area contributed by atoms with Crippen molar-refractivity contribution in [3.8, 4) is 0 Å². The van der Waals surface area contributed by atoms with Crippen LogP contribution in [0, 0.1) is 13.8 Å². The Kier molecular flexibility index (Phi) is 4.16. The van der Waals surface area contributed by atoms with Gasteiger partial charge in [-0.2, -0.15) is 0 Å². The van der Waals surface area contributed by atoms with Gasteiger partial charge in [-0.05, 0) is 13.8 Å². The second kappa shape index (κ2) is 5.91. The molecule has 21 heavy (non-hydrogen) atoms. The maximum Gasteiger partial charge on any atom is 0.222 e. The van der Waals surface area contributed by atoms with E-state index < -0.39 is 5.79 Å². The highest BCUT2D eigenvalue weighted by Gasteiger charge is 2.44. The molecule has 2 aromatic rings. The summed E-state index contributed by atoms with van der Waals surface area (Å²) in [6, 6.07) is 16.7. The molecule has 1 fully saturated rings. The summed E-state index contributed by atoms with van der Waals surface area (Å²) in [7, 11) is 0. The molecule has 0 bridgehead atoms. The third-order valence-electron chi connectivity index (χ3n) is 3.84. The Morgan fingerprint density at radius 1 is 0.952 bits per heavy atom. The predicted molar refractivity (Wildman–Crippen MR) is 87.8 cm³/mol. The summed E-state index contributed by atoms with van der Waals surface area (Å²) in [5.41, 5.74) is 4.54. The lowest BCUT2D eigenvalue weighted by Crippen LogP contribution is -2.30. The van der Waals surface area contributed by atoms with Gasteiger partial charge in [0.1, 0.15) is 0 Å². The zero-order valence-corrected chi connectivity index (χ0v) is 13.9. The molecule has 0 amide bonds. The van der Waals surface area contributed by atoms with Crippen molar-refractivity contribution < 1.29 is 9.47 Å². The number of hydrogen-bond acceptors (Lipinski definition) is 2. The maximum atomic E-state index is 6.28. The minimum absolute atomic E-state index is 0.0626. The van der Waals surface area contributed by atoms with E-state index in [2.05, 4.69) is 78.3 Å². The van der Waals surface area contributed by atoms with E-state index in [1.54, 1.807) is 0 Å². The van der Waals surface area contributed by atoms with E-state index >= 15 is 0 Å². The molecule has 1 atom stereocenters. The molecular formula is C18H19BrO2. The van der Waals surface area contributed by atoms with Gasteiger partial charge < -0.3 is 9.47 Å². The Balaban J connectivity index is 2.07. The van der Waals surface area contributed by atoms with Crippen LogP contribution in [0.3, 0.4) is 0 Å². The molecule has 110 valence electrons. The van der Waals surface area contributed by atoms with E-state index in [0.29, 0.717) is 6.61 Å². The average molecular weight is 347 g/mol. The normalized spacial score (nSPS) is 20.6. The largest absolute Gasteiger partial charge is 0.339 e. The van der Waals surface area contributed by atoms with E-state index in [1.807, 2.05) is 0 Å². The van der Waals surface area contributed by atoms with Crippen LogP contribution in [-0.4, -0.2) is 18.0 Å². The molecule has 3 heteroatoms. The highest BCUT2D eigenvalue weighted by molar-refractivity contribution is 9.09. The topological polar surface area (TPSA) is 18.5 Å². The summed E-state index contributed by atoms with van der Waals surface area (Å²) in [6.07, 6.45) is 0.0626. The zero-order valence-electron chi connectivity index (χ0n) is 12.3. The minimum Gasteiger partial charge on any atom is -0.339 e. The molecule has 0 radical (unpaired) electrons. The molecule has 0 spiro atoms. The van der Waals surface area contributed by atoms with Crippen molar-refractivity contribution in [3.63, 3.8) is 0 Å². The SMILES string of the molecule is Cc1ccc(C2(c3ccc(C)cc3)OCC(CBr)O2)cc1. The molecule has 3 rings (SSSR count). The first-order valence-electron chi connectivity index (χ1n) is 7.16. The van der Waals surface area contributed by atoms with Crippen LogP contribution in [-0.2, 0) is 15.3 Å². The van der Waals surface area contributed by atoms with E-state index in [-0.39, 0.29) is 6.10 Å². The van der Waals surface area contributed by atoms with Crippen molar-refractivity contribution >= 4 is 15.9 Å². The molecule has 1 unspecified atom stereocenters. The Morgan fingerprint density at radius 3 is 1.81 bits per heavy atom. The highest BCUT2D eigenvalue weighted by atomic mass is 79.9. The van der Waals surface area contributed by atoms with Gasteiger partial charge in [0, 0.05) is 16.5 Å². The Labute approximate surface area is 134 Å². The molecule has 1 saturated heterocycles. The average Bonchev–Trinajstić information content (AvgIpc) is 2.94. The van der Waals surface area contributed by atoms with Gasteiger partial charge in [-0.1, -0.05) is 75.6 Å². The minimum atomic E-state index is -0.792. The summed E-state index contributed by atoms with van der Waals surface area (Å²) in [4.78, 5) is 0. The molecule has 0 N–H and O–H groups in total. The lowest BCUT2D eigenvalue weighted by atomic mass is 9.95. The number of alkyl halides is 1. The smallest absolute Gasteiger partial charge is 0.222 e. The van der Waals surface area contributed by atoms with E-state index in [4.69, 9.17) is 9.47 Å². The van der Waals surface area contributed by atoms with Crippen LogP contribution in [0.15, 0.2) is 48.5 Å².